The Labute approximate surface area is 156 Å². The molecule has 26 heavy (non-hydrogen) atoms. The zero-order valence-electron chi connectivity index (χ0n) is 14.2. The van der Waals surface area contributed by atoms with Gasteiger partial charge in [-0.1, -0.05) is 17.7 Å². The van der Waals surface area contributed by atoms with Crippen molar-refractivity contribution in [3.05, 3.63) is 64.6 Å². The third-order valence-corrected chi connectivity index (χ3v) is 4.50. The van der Waals surface area contributed by atoms with E-state index in [0.717, 1.165) is 17.5 Å². The Morgan fingerprint density at radius 2 is 2.00 bits per heavy atom. The molecule has 0 fully saturated rings. The Morgan fingerprint density at radius 1 is 1.23 bits per heavy atom. The first-order chi connectivity index (χ1) is 12.2. The Hall–Kier alpha value is -2.58. The lowest BCUT2D eigenvalue weighted by atomic mass is 10.1. The lowest BCUT2D eigenvalue weighted by Gasteiger charge is -2.10. The van der Waals surface area contributed by atoms with Crippen LogP contribution in [-0.4, -0.2) is 30.0 Å². The predicted octanol–water partition coefficient (Wildman–Crippen LogP) is 2.60. The minimum Gasteiger partial charge on any atom is -0.346 e. The summed E-state index contributed by atoms with van der Waals surface area (Å²) in [6.07, 6.45) is 4.58. The molecule has 0 atom stereocenters. The minimum absolute atomic E-state index is 0.237. The fourth-order valence-corrected chi connectivity index (χ4v) is 3.24. The lowest BCUT2D eigenvalue weighted by molar-refractivity contribution is 0.0950. The van der Waals surface area contributed by atoms with Crippen molar-refractivity contribution in [3.63, 3.8) is 0 Å². The Kier molecular flexibility index (Phi) is 4.88. The highest BCUT2D eigenvalue weighted by molar-refractivity contribution is 7.92. The smallest absolute Gasteiger partial charge is 0.251 e. The molecule has 3 aromatic rings. The number of nitrogens with one attached hydrogen (secondary N) is 2. The summed E-state index contributed by atoms with van der Waals surface area (Å²) < 4.78 is 27.0. The molecule has 0 bridgehead atoms. The van der Waals surface area contributed by atoms with Gasteiger partial charge in [0.2, 0.25) is 10.0 Å². The number of amides is 1. The van der Waals surface area contributed by atoms with Crippen molar-refractivity contribution in [3.8, 4) is 0 Å². The first kappa shape index (κ1) is 18.2. The average Bonchev–Trinajstić information content (AvgIpc) is 2.95. The molecule has 0 radical (unpaired) electrons. The number of hydrogen-bond acceptors (Lipinski definition) is 4. The Morgan fingerprint density at radius 3 is 2.73 bits per heavy atom. The molecule has 1 amide bonds. The number of rotatable bonds is 5. The first-order valence-corrected chi connectivity index (χ1v) is 9.98. The van der Waals surface area contributed by atoms with E-state index in [0.29, 0.717) is 22.0 Å². The molecule has 0 saturated heterocycles. The molecule has 2 heterocycles. The molecule has 0 aliphatic carbocycles. The van der Waals surface area contributed by atoms with Crippen LogP contribution in [0.15, 0.2) is 42.7 Å². The van der Waals surface area contributed by atoms with Gasteiger partial charge in [-0.2, -0.15) is 0 Å². The number of halogens is 1. The maximum absolute atomic E-state index is 12.4. The zero-order valence-corrected chi connectivity index (χ0v) is 15.7. The molecule has 0 aliphatic heterocycles. The summed E-state index contributed by atoms with van der Waals surface area (Å²) in [5.41, 5.74) is 2.87. The quantitative estimate of drug-likeness (QED) is 0.698. The van der Waals surface area contributed by atoms with Crippen LogP contribution < -0.4 is 10.0 Å². The van der Waals surface area contributed by atoms with Gasteiger partial charge in [-0.25, -0.2) is 13.4 Å². The summed E-state index contributed by atoms with van der Waals surface area (Å²) in [5, 5.41) is 3.37. The number of hydrogen-bond donors (Lipinski definition) is 2. The number of aromatic nitrogens is 2. The van der Waals surface area contributed by atoms with Gasteiger partial charge in [-0.15, -0.1) is 0 Å². The van der Waals surface area contributed by atoms with E-state index in [-0.39, 0.29) is 12.5 Å². The van der Waals surface area contributed by atoms with E-state index < -0.39 is 10.0 Å². The van der Waals surface area contributed by atoms with Gasteiger partial charge in [0, 0.05) is 18.0 Å². The molecule has 2 N–H and O–H groups in total. The lowest BCUT2D eigenvalue weighted by Crippen LogP contribution is -2.23. The molecular weight excluding hydrogens is 376 g/mol. The SMILES string of the molecule is Cc1ccc(C(=O)NCc2cn3cc(Cl)ccc3n2)cc1NS(C)(=O)=O. The van der Waals surface area contributed by atoms with Gasteiger partial charge in [-0.3, -0.25) is 9.52 Å². The van der Waals surface area contributed by atoms with E-state index >= 15 is 0 Å². The van der Waals surface area contributed by atoms with Crippen LogP contribution in [0.2, 0.25) is 5.02 Å². The monoisotopic (exact) mass is 392 g/mol. The average molecular weight is 393 g/mol. The number of fused-ring (bicyclic) bond motifs is 1. The number of benzene rings is 1. The topological polar surface area (TPSA) is 92.6 Å². The highest BCUT2D eigenvalue weighted by Gasteiger charge is 2.11. The Bertz CT molecular complexity index is 1090. The van der Waals surface area contributed by atoms with Crippen molar-refractivity contribution < 1.29 is 13.2 Å². The molecule has 2 aromatic heterocycles. The standard InChI is InChI=1S/C17H17ClN4O3S/c1-11-3-4-12(7-15(11)21-26(2,24)25)17(23)19-8-14-10-22-9-13(18)5-6-16(22)20-14/h3-7,9-10,21H,8H2,1-2H3,(H,19,23). The molecule has 0 spiro atoms. The largest absolute Gasteiger partial charge is 0.346 e. The van der Waals surface area contributed by atoms with E-state index in [2.05, 4.69) is 15.0 Å². The molecule has 1 aromatic carbocycles. The van der Waals surface area contributed by atoms with Gasteiger partial charge >= 0.3 is 0 Å². The fourth-order valence-electron chi connectivity index (χ4n) is 2.45. The summed E-state index contributed by atoms with van der Waals surface area (Å²) in [6.45, 7) is 2.00. The second-order valence-corrected chi connectivity index (χ2v) is 8.12. The van der Waals surface area contributed by atoms with Crippen molar-refractivity contribution >= 4 is 38.9 Å². The van der Waals surface area contributed by atoms with Gasteiger partial charge in [-0.05, 0) is 36.8 Å². The number of carbonyl (C=O) groups excluding carboxylic acids is 1. The van der Waals surface area contributed by atoms with E-state index in [9.17, 15) is 13.2 Å². The highest BCUT2D eigenvalue weighted by Crippen LogP contribution is 2.18. The number of anilines is 1. The van der Waals surface area contributed by atoms with Crippen LogP contribution in [-0.2, 0) is 16.6 Å². The van der Waals surface area contributed by atoms with Crippen molar-refractivity contribution in [1.29, 1.82) is 0 Å². The number of nitrogens with zero attached hydrogens (tertiary/aromatic N) is 2. The second kappa shape index (κ2) is 6.97. The predicted molar refractivity (Wildman–Crippen MR) is 101 cm³/mol. The third kappa shape index (κ3) is 4.33. The van der Waals surface area contributed by atoms with Crippen molar-refractivity contribution in [2.24, 2.45) is 0 Å². The molecule has 0 saturated carbocycles. The maximum atomic E-state index is 12.4. The van der Waals surface area contributed by atoms with Crippen LogP contribution in [0.5, 0.6) is 0 Å². The van der Waals surface area contributed by atoms with Gasteiger partial charge < -0.3 is 9.72 Å². The molecule has 0 aliphatic rings. The summed E-state index contributed by atoms with van der Waals surface area (Å²) in [4.78, 5) is 16.8. The Balaban J connectivity index is 1.74. The number of imidazole rings is 1. The molecular formula is C17H17ClN4O3S. The normalized spacial score (nSPS) is 11.5. The van der Waals surface area contributed by atoms with Crippen LogP contribution in [0, 0.1) is 6.92 Å². The van der Waals surface area contributed by atoms with E-state index in [1.54, 1.807) is 48.0 Å². The summed E-state index contributed by atoms with van der Waals surface area (Å²) in [5.74, 6) is -0.323. The first-order valence-electron chi connectivity index (χ1n) is 7.71. The second-order valence-electron chi connectivity index (χ2n) is 5.93. The summed E-state index contributed by atoms with van der Waals surface area (Å²) in [7, 11) is -3.42. The molecule has 136 valence electrons. The van der Waals surface area contributed by atoms with Gasteiger partial charge in [0.25, 0.3) is 5.91 Å². The van der Waals surface area contributed by atoms with Gasteiger partial charge in [0.15, 0.2) is 0 Å². The highest BCUT2D eigenvalue weighted by atomic mass is 35.5. The van der Waals surface area contributed by atoms with Crippen LogP contribution in [0.3, 0.4) is 0 Å². The van der Waals surface area contributed by atoms with Crippen LogP contribution in [0.25, 0.3) is 5.65 Å². The zero-order chi connectivity index (χ0) is 18.9. The van der Waals surface area contributed by atoms with E-state index in [1.807, 2.05) is 0 Å². The summed E-state index contributed by atoms with van der Waals surface area (Å²) in [6, 6.07) is 8.37. The van der Waals surface area contributed by atoms with Crippen molar-refractivity contribution in [2.75, 3.05) is 11.0 Å². The van der Waals surface area contributed by atoms with Gasteiger partial charge in [0.05, 0.1) is 29.2 Å². The number of carbonyl (C=O) groups is 1. The minimum atomic E-state index is -3.42. The molecule has 3 rings (SSSR count). The number of aryl methyl sites for hydroxylation is 1. The molecule has 0 unspecified atom stereocenters. The van der Waals surface area contributed by atoms with E-state index in [4.69, 9.17) is 11.6 Å². The fraction of sp³-hybridized carbons (Fsp3) is 0.176. The van der Waals surface area contributed by atoms with Crippen LogP contribution in [0.1, 0.15) is 21.6 Å². The van der Waals surface area contributed by atoms with Gasteiger partial charge in [0.1, 0.15) is 5.65 Å². The van der Waals surface area contributed by atoms with E-state index in [1.165, 1.54) is 6.07 Å². The molecule has 7 nitrogen and oxygen atoms in total. The third-order valence-electron chi connectivity index (χ3n) is 3.69. The summed E-state index contributed by atoms with van der Waals surface area (Å²) >= 11 is 5.94. The molecule has 9 heteroatoms. The van der Waals surface area contributed by atoms with Crippen LogP contribution >= 0.6 is 11.6 Å². The van der Waals surface area contributed by atoms with Crippen molar-refractivity contribution in [2.45, 2.75) is 13.5 Å². The van der Waals surface area contributed by atoms with Crippen molar-refractivity contribution in [1.82, 2.24) is 14.7 Å². The number of sulfonamides is 1. The maximum Gasteiger partial charge on any atom is 0.251 e. The van der Waals surface area contributed by atoms with Crippen LogP contribution in [0.4, 0.5) is 5.69 Å². The number of pyridine rings is 1.